The maximum Gasteiger partial charge on any atom is 0.255 e. The molecule has 4 heterocycles. The van der Waals surface area contributed by atoms with Crippen LogP contribution < -0.4 is 21.3 Å². The number of benzene rings is 2. The number of nitrogens with one attached hydrogen (secondary N) is 4. The molecule has 41 heavy (non-hydrogen) atoms. The van der Waals surface area contributed by atoms with Gasteiger partial charge < -0.3 is 21.3 Å². The summed E-state index contributed by atoms with van der Waals surface area (Å²) < 4.78 is 27.0. The number of rotatable bonds is 9. The summed E-state index contributed by atoms with van der Waals surface area (Å²) in [5, 5.41) is 13.8. The number of amides is 1. The van der Waals surface area contributed by atoms with Gasteiger partial charge in [-0.2, -0.15) is 0 Å². The van der Waals surface area contributed by atoms with E-state index in [-0.39, 0.29) is 5.91 Å². The highest BCUT2D eigenvalue weighted by atomic mass is 32.1. The SMILES string of the molecule is C[C@H](NC(=O)c1cccnc1NCc1ccc(-c2ccc3ncnc(NC4CNC4)c3c2)s1)c1ccc(F)c(F)c1. The van der Waals surface area contributed by atoms with Crippen molar-refractivity contribution in [3.05, 3.63) is 101 Å². The molecule has 11 heteroatoms. The maximum absolute atomic E-state index is 13.7. The van der Waals surface area contributed by atoms with E-state index < -0.39 is 17.7 Å². The molecule has 0 radical (unpaired) electrons. The van der Waals surface area contributed by atoms with Crippen LogP contribution in [0.4, 0.5) is 20.4 Å². The number of anilines is 2. The Labute approximate surface area is 239 Å². The Bertz CT molecular complexity index is 1720. The summed E-state index contributed by atoms with van der Waals surface area (Å²) >= 11 is 1.65. The van der Waals surface area contributed by atoms with Crippen molar-refractivity contribution in [2.24, 2.45) is 0 Å². The normalized spacial score (nSPS) is 13.9. The van der Waals surface area contributed by atoms with Crippen LogP contribution in [0.3, 0.4) is 0 Å². The Morgan fingerprint density at radius 1 is 1.02 bits per heavy atom. The van der Waals surface area contributed by atoms with Gasteiger partial charge in [0.15, 0.2) is 11.6 Å². The van der Waals surface area contributed by atoms with Gasteiger partial charge in [0, 0.05) is 34.4 Å². The molecule has 0 unspecified atom stereocenters. The van der Waals surface area contributed by atoms with E-state index in [4.69, 9.17) is 0 Å². The Morgan fingerprint density at radius 2 is 1.90 bits per heavy atom. The van der Waals surface area contributed by atoms with E-state index in [0.29, 0.717) is 29.5 Å². The number of fused-ring (bicyclic) bond motifs is 1. The lowest BCUT2D eigenvalue weighted by Gasteiger charge is -2.28. The summed E-state index contributed by atoms with van der Waals surface area (Å²) in [5.41, 5.74) is 2.78. The average Bonchev–Trinajstić information content (AvgIpc) is 3.44. The molecule has 8 nitrogen and oxygen atoms in total. The lowest BCUT2D eigenvalue weighted by molar-refractivity contribution is 0.0940. The fourth-order valence-corrected chi connectivity index (χ4v) is 5.52. The van der Waals surface area contributed by atoms with Crippen molar-refractivity contribution in [1.82, 2.24) is 25.6 Å². The first-order chi connectivity index (χ1) is 19.9. The summed E-state index contributed by atoms with van der Waals surface area (Å²) in [6.45, 7) is 4.02. The van der Waals surface area contributed by atoms with Gasteiger partial charge in [-0.15, -0.1) is 11.3 Å². The monoisotopic (exact) mass is 571 g/mol. The molecule has 1 atom stereocenters. The predicted molar refractivity (Wildman–Crippen MR) is 157 cm³/mol. The van der Waals surface area contributed by atoms with Gasteiger partial charge in [-0.25, -0.2) is 23.7 Å². The largest absolute Gasteiger partial charge is 0.365 e. The molecule has 3 aromatic heterocycles. The lowest BCUT2D eigenvalue weighted by atomic mass is 10.1. The molecule has 0 aliphatic carbocycles. The van der Waals surface area contributed by atoms with Gasteiger partial charge in [0.2, 0.25) is 0 Å². The molecule has 6 rings (SSSR count). The second kappa shape index (κ2) is 11.6. The molecule has 1 aliphatic heterocycles. The lowest BCUT2D eigenvalue weighted by Crippen LogP contribution is -2.51. The zero-order chi connectivity index (χ0) is 28.3. The summed E-state index contributed by atoms with van der Waals surface area (Å²) in [5.74, 6) is -0.989. The number of carbonyl (C=O) groups excluding carboxylic acids is 1. The molecular formula is C30H27F2N7OS. The van der Waals surface area contributed by atoms with Crippen LogP contribution in [0, 0.1) is 11.6 Å². The zero-order valence-corrected chi connectivity index (χ0v) is 22.9. The molecule has 1 amide bonds. The third-order valence-corrected chi connectivity index (χ3v) is 8.11. The molecule has 0 saturated carbocycles. The second-order valence-corrected chi connectivity index (χ2v) is 11.0. The third kappa shape index (κ3) is 5.86. The van der Waals surface area contributed by atoms with E-state index in [0.717, 1.165) is 57.3 Å². The molecule has 208 valence electrons. The van der Waals surface area contributed by atoms with Gasteiger partial charge in [-0.3, -0.25) is 4.79 Å². The van der Waals surface area contributed by atoms with Crippen molar-refractivity contribution >= 4 is 39.8 Å². The Hall–Kier alpha value is -4.48. The number of halogens is 2. The van der Waals surface area contributed by atoms with E-state index in [9.17, 15) is 13.6 Å². The Morgan fingerprint density at radius 3 is 2.71 bits per heavy atom. The highest BCUT2D eigenvalue weighted by Crippen LogP contribution is 2.32. The fraction of sp³-hybridized carbons (Fsp3) is 0.200. The molecule has 5 aromatic rings. The van der Waals surface area contributed by atoms with Crippen LogP contribution in [0.15, 0.2) is 73.2 Å². The van der Waals surface area contributed by atoms with E-state index in [2.05, 4.69) is 54.4 Å². The molecule has 1 fully saturated rings. The van der Waals surface area contributed by atoms with Crippen molar-refractivity contribution in [1.29, 1.82) is 0 Å². The number of nitrogens with zero attached hydrogens (tertiary/aromatic N) is 3. The number of aromatic nitrogens is 3. The number of hydrogen-bond acceptors (Lipinski definition) is 8. The molecular weight excluding hydrogens is 544 g/mol. The van der Waals surface area contributed by atoms with E-state index in [1.54, 1.807) is 42.9 Å². The average molecular weight is 572 g/mol. The van der Waals surface area contributed by atoms with Gasteiger partial charge in [0.05, 0.1) is 29.7 Å². The van der Waals surface area contributed by atoms with Gasteiger partial charge in [-0.1, -0.05) is 12.1 Å². The molecule has 0 spiro atoms. The number of carbonyl (C=O) groups is 1. The highest BCUT2D eigenvalue weighted by Gasteiger charge is 2.19. The van der Waals surface area contributed by atoms with E-state index in [1.807, 2.05) is 12.1 Å². The van der Waals surface area contributed by atoms with Crippen LogP contribution in [0.2, 0.25) is 0 Å². The minimum atomic E-state index is -0.956. The Balaban J connectivity index is 1.14. The summed E-state index contributed by atoms with van der Waals surface area (Å²) in [4.78, 5) is 28.5. The topological polar surface area (TPSA) is 104 Å². The van der Waals surface area contributed by atoms with E-state index >= 15 is 0 Å². The Kier molecular flexibility index (Phi) is 7.53. The van der Waals surface area contributed by atoms with Gasteiger partial charge in [0.1, 0.15) is 18.0 Å². The summed E-state index contributed by atoms with van der Waals surface area (Å²) in [7, 11) is 0. The van der Waals surface area contributed by atoms with Crippen molar-refractivity contribution in [3.8, 4) is 10.4 Å². The van der Waals surface area contributed by atoms with Crippen molar-refractivity contribution < 1.29 is 13.6 Å². The van der Waals surface area contributed by atoms with Gasteiger partial charge in [0.25, 0.3) is 5.91 Å². The van der Waals surface area contributed by atoms with Crippen LogP contribution in [0.25, 0.3) is 21.3 Å². The van der Waals surface area contributed by atoms with Gasteiger partial charge >= 0.3 is 0 Å². The molecule has 1 saturated heterocycles. The van der Waals surface area contributed by atoms with Gasteiger partial charge in [-0.05, 0) is 66.6 Å². The first kappa shape index (κ1) is 26.7. The first-order valence-corrected chi connectivity index (χ1v) is 14.0. The number of hydrogen-bond donors (Lipinski definition) is 4. The minimum absolute atomic E-state index is 0.356. The van der Waals surface area contributed by atoms with Crippen molar-refractivity contribution in [2.45, 2.75) is 25.6 Å². The summed E-state index contributed by atoms with van der Waals surface area (Å²) in [6, 6.07) is 17.1. The maximum atomic E-state index is 13.7. The number of pyridine rings is 1. The van der Waals surface area contributed by atoms with E-state index in [1.165, 1.54) is 6.07 Å². The standard InChI is InChI=1S/C30H27F2N7OS/c1-17(18-4-7-24(31)25(32)12-18)38-30(40)22-3-2-10-34-28(22)35-15-21-6-9-27(41-21)19-5-8-26-23(11-19)29(37-16-36-26)39-20-13-33-14-20/h2-12,16-17,20,33H,13-15H2,1H3,(H,34,35)(H,38,40)(H,36,37,39)/t17-/m0/s1. The summed E-state index contributed by atoms with van der Waals surface area (Å²) in [6.07, 6.45) is 3.20. The predicted octanol–water partition coefficient (Wildman–Crippen LogP) is 5.52. The molecule has 2 aromatic carbocycles. The molecule has 4 N–H and O–H groups in total. The zero-order valence-electron chi connectivity index (χ0n) is 22.1. The van der Waals surface area contributed by atoms with Crippen LogP contribution in [-0.2, 0) is 6.54 Å². The third-order valence-electron chi connectivity index (χ3n) is 6.98. The fourth-order valence-electron chi connectivity index (χ4n) is 4.58. The molecule has 0 bridgehead atoms. The van der Waals surface area contributed by atoms with Crippen LogP contribution in [0.1, 0.15) is 33.8 Å². The smallest absolute Gasteiger partial charge is 0.255 e. The van der Waals surface area contributed by atoms with Crippen molar-refractivity contribution in [3.63, 3.8) is 0 Å². The quantitative estimate of drug-likeness (QED) is 0.185. The minimum Gasteiger partial charge on any atom is -0.365 e. The van der Waals surface area contributed by atoms with Crippen molar-refractivity contribution in [2.75, 3.05) is 23.7 Å². The highest BCUT2D eigenvalue weighted by molar-refractivity contribution is 7.15. The van der Waals surface area contributed by atoms with Crippen LogP contribution in [-0.4, -0.2) is 40.0 Å². The van der Waals surface area contributed by atoms with Crippen LogP contribution >= 0.6 is 11.3 Å². The first-order valence-electron chi connectivity index (χ1n) is 13.2. The van der Waals surface area contributed by atoms with Crippen LogP contribution in [0.5, 0.6) is 0 Å². The second-order valence-electron chi connectivity index (χ2n) is 9.84. The molecule has 1 aliphatic rings. The number of thiophene rings is 1.